The molecule has 0 radical (unpaired) electrons. The topological polar surface area (TPSA) is 41.0 Å². The third-order valence-electron chi connectivity index (χ3n) is 4.10. The van der Waals surface area contributed by atoms with E-state index < -0.39 is 0 Å². The van der Waals surface area contributed by atoms with Gasteiger partial charge >= 0.3 is 0 Å². The monoisotopic (exact) mass is 262 g/mol. The van der Waals surface area contributed by atoms with Gasteiger partial charge in [-0.25, -0.2) is 9.97 Å². The molecule has 1 saturated heterocycles. The Balaban J connectivity index is 2.15. The second-order valence-electron chi connectivity index (χ2n) is 5.90. The second kappa shape index (κ2) is 6.22. The zero-order valence-electron chi connectivity index (χ0n) is 12.6. The zero-order valence-corrected chi connectivity index (χ0v) is 12.6. The molecule has 0 aromatic carbocycles. The largest absolute Gasteiger partial charge is 0.370 e. The van der Waals surface area contributed by atoms with E-state index in [1.165, 1.54) is 6.42 Å². The third-order valence-corrected chi connectivity index (χ3v) is 4.10. The first-order valence-electron chi connectivity index (χ1n) is 7.44. The molecule has 1 aromatic heterocycles. The summed E-state index contributed by atoms with van der Waals surface area (Å²) in [4.78, 5) is 11.2. The van der Waals surface area contributed by atoms with Crippen molar-refractivity contribution in [3.05, 3.63) is 12.4 Å². The predicted molar refractivity (Wildman–Crippen MR) is 80.6 cm³/mol. The molecule has 1 aromatic rings. The molecular formula is C15H26N4. The summed E-state index contributed by atoms with van der Waals surface area (Å²) in [6, 6.07) is 2.63. The van der Waals surface area contributed by atoms with Crippen LogP contribution >= 0.6 is 0 Å². The minimum Gasteiger partial charge on any atom is -0.370 e. The van der Waals surface area contributed by atoms with Gasteiger partial charge in [0.1, 0.15) is 18.0 Å². The molecule has 3 atom stereocenters. The molecule has 1 fully saturated rings. The van der Waals surface area contributed by atoms with E-state index in [4.69, 9.17) is 0 Å². The summed E-state index contributed by atoms with van der Waals surface area (Å²) < 4.78 is 0. The van der Waals surface area contributed by atoms with Gasteiger partial charge in [-0.05, 0) is 31.6 Å². The van der Waals surface area contributed by atoms with Crippen LogP contribution in [-0.4, -0.2) is 29.1 Å². The lowest BCUT2D eigenvalue weighted by Crippen LogP contribution is -2.46. The number of nitrogens with one attached hydrogen (secondary N) is 1. The highest BCUT2D eigenvalue weighted by atomic mass is 15.2. The lowest BCUT2D eigenvalue weighted by molar-refractivity contribution is 0.295. The van der Waals surface area contributed by atoms with Crippen LogP contribution in [0.4, 0.5) is 11.6 Å². The maximum atomic E-state index is 4.47. The van der Waals surface area contributed by atoms with Crippen molar-refractivity contribution < 1.29 is 0 Å². The fourth-order valence-corrected chi connectivity index (χ4v) is 2.87. The van der Waals surface area contributed by atoms with Crippen molar-refractivity contribution in [2.24, 2.45) is 11.8 Å². The predicted octanol–water partition coefficient (Wildman–Crippen LogP) is 3.17. The number of anilines is 2. The Morgan fingerprint density at radius 1 is 1.32 bits per heavy atom. The van der Waals surface area contributed by atoms with Gasteiger partial charge in [0.2, 0.25) is 0 Å². The van der Waals surface area contributed by atoms with E-state index in [0.29, 0.717) is 12.0 Å². The summed E-state index contributed by atoms with van der Waals surface area (Å²) in [6.07, 6.45) is 4.08. The van der Waals surface area contributed by atoms with Crippen LogP contribution in [-0.2, 0) is 0 Å². The first kappa shape index (κ1) is 14.1. The van der Waals surface area contributed by atoms with E-state index in [0.717, 1.165) is 37.1 Å². The minimum absolute atomic E-state index is 0.546. The van der Waals surface area contributed by atoms with Gasteiger partial charge in [0.05, 0.1) is 0 Å². The maximum Gasteiger partial charge on any atom is 0.134 e. The zero-order chi connectivity index (χ0) is 13.8. The van der Waals surface area contributed by atoms with Crippen molar-refractivity contribution in [1.29, 1.82) is 0 Å². The quantitative estimate of drug-likeness (QED) is 0.905. The van der Waals surface area contributed by atoms with Gasteiger partial charge < -0.3 is 10.2 Å². The maximum absolute atomic E-state index is 4.47. The van der Waals surface area contributed by atoms with Crippen LogP contribution in [0.1, 0.15) is 40.5 Å². The summed E-state index contributed by atoms with van der Waals surface area (Å²) in [5, 5.41) is 3.33. The van der Waals surface area contributed by atoms with Gasteiger partial charge in [0.15, 0.2) is 0 Å². The summed E-state index contributed by atoms with van der Waals surface area (Å²) in [5.41, 5.74) is 0. The molecular weight excluding hydrogens is 236 g/mol. The van der Waals surface area contributed by atoms with Crippen LogP contribution in [0.15, 0.2) is 12.4 Å². The smallest absolute Gasteiger partial charge is 0.134 e. The van der Waals surface area contributed by atoms with Gasteiger partial charge in [-0.2, -0.15) is 0 Å². The fourth-order valence-electron chi connectivity index (χ4n) is 2.87. The van der Waals surface area contributed by atoms with E-state index >= 15 is 0 Å². The van der Waals surface area contributed by atoms with E-state index in [9.17, 15) is 0 Å². The number of piperidine rings is 1. The highest BCUT2D eigenvalue weighted by molar-refractivity contribution is 5.49. The van der Waals surface area contributed by atoms with Gasteiger partial charge in [-0.3, -0.25) is 0 Å². The highest BCUT2D eigenvalue weighted by Crippen LogP contribution is 2.30. The van der Waals surface area contributed by atoms with E-state index in [2.05, 4.69) is 53.9 Å². The van der Waals surface area contributed by atoms with Crippen molar-refractivity contribution in [3.63, 3.8) is 0 Å². The molecule has 3 unspecified atom stereocenters. The standard InChI is InChI=1S/C15H26N4/c1-5-6-16-14-8-15(18-10-17-14)19-9-11(2)7-12(3)13(19)4/h8,10-13H,5-7,9H2,1-4H3,(H,16,17,18). The Bertz CT molecular complexity index is 407. The Morgan fingerprint density at radius 3 is 2.84 bits per heavy atom. The third kappa shape index (κ3) is 3.37. The molecule has 19 heavy (non-hydrogen) atoms. The molecule has 1 aliphatic heterocycles. The van der Waals surface area contributed by atoms with Crippen LogP contribution in [0, 0.1) is 11.8 Å². The van der Waals surface area contributed by atoms with Crippen LogP contribution in [0.5, 0.6) is 0 Å². The molecule has 2 rings (SSSR count). The molecule has 1 aliphatic rings. The number of hydrogen-bond donors (Lipinski definition) is 1. The van der Waals surface area contributed by atoms with E-state index in [1.807, 2.05) is 0 Å². The number of nitrogens with zero attached hydrogens (tertiary/aromatic N) is 3. The summed E-state index contributed by atoms with van der Waals surface area (Å²) in [7, 11) is 0. The molecule has 4 nitrogen and oxygen atoms in total. The lowest BCUT2D eigenvalue weighted by Gasteiger charge is -2.41. The molecule has 4 heteroatoms. The van der Waals surface area contributed by atoms with Crippen molar-refractivity contribution >= 4 is 11.6 Å². The molecule has 0 amide bonds. The van der Waals surface area contributed by atoms with Crippen molar-refractivity contribution in [2.75, 3.05) is 23.3 Å². The van der Waals surface area contributed by atoms with Gasteiger partial charge in [0.25, 0.3) is 0 Å². The average molecular weight is 262 g/mol. The second-order valence-corrected chi connectivity index (χ2v) is 5.90. The van der Waals surface area contributed by atoms with Crippen LogP contribution < -0.4 is 10.2 Å². The van der Waals surface area contributed by atoms with Gasteiger partial charge in [0, 0.05) is 25.2 Å². The molecule has 0 bridgehead atoms. The minimum atomic E-state index is 0.546. The molecule has 106 valence electrons. The van der Waals surface area contributed by atoms with Crippen LogP contribution in [0.3, 0.4) is 0 Å². The Kier molecular flexibility index (Phi) is 4.61. The fraction of sp³-hybridized carbons (Fsp3) is 0.733. The molecule has 2 heterocycles. The summed E-state index contributed by atoms with van der Waals surface area (Å²) >= 11 is 0. The van der Waals surface area contributed by atoms with Crippen molar-refractivity contribution in [1.82, 2.24) is 9.97 Å². The first-order chi connectivity index (χ1) is 9.11. The Hall–Kier alpha value is -1.32. The molecule has 0 saturated carbocycles. The van der Waals surface area contributed by atoms with Crippen LogP contribution in [0.2, 0.25) is 0 Å². The average Bonchev–Trinajstić information content (AvgIpc) is 2.41. The number of hydrogen-bond acceptors (Lipinski definition) is 4. The molecule has 0 spiro atoms. The van der Waals surface area contributed by atoms with Crippen molar-refractivity contribution in [2.45, 2.75) is 46.6 Å². The van der Waals surface area contributed by atoms with Gasteiger partial charge in [-0.1, -0.05) is 20.8 Å². The summed E-state index contributed by atoms with van der Waals surface area (Å²) in [5.74, 6) is 3.43. The molecule has 0 aliphatic carbocycles. The Morgan fingerprint density at radius 2 is 2.11 bits per heavy atom. The van der Waals surface area contributed by atoms with Crippen LogP contribution in [0.25, 0.3) is 0 Å². The van der Waals surface area contributed by atoms with Crippen molar-refractivity contribution in [3.8, 4) is 0 Å². The SMILES string of the molecule is CCCNc1cc(N2CC(C)CC(C)C2C)ncn1. The first-order valence-corrected chi connectivity index (χ1v) is 7.44. The highest BCUT2D eigenvalue weighted by Gasteiger charge is 2.29. The normalized spacial score (nSPS) is 27.4. The Labute approximate surface area is 116 Å². The molecule has 1 N–H and O–H groups in total. The lowest BCUT2D eigenvalue weighted by atomic mass is 9.86. The van der Waals surface area contributed by atoms with Gasteiger partial charge in [-0.15, -0.1) is 0 Å². The van der Waals surface area contributed by atoms with E-state index in [1.54, 1.807) is 6.33 Å². The number of rotatable bonds is 4. The summed E-state index contributed by atoms with van der Waals surface area (Å²) in [6.45, 7) is 11.2. The van der Waals surface area contributed by atoms with E-state index in [-0.39, 0.29) is 0 Å². The number of aromatic nitrogens is 2.